The van der Waals surface area contributed by atoms with Crippen LogP contribution in [-0.2, 0) is 4.79 Å². The van der Waals surface area contributed by atoms with Gasteiger partial charge in [-0.1, -0.05) is 18.2 Å². The summed E-state index contributed by atoms with van der Waals surface area (Å²) in [6, 6.07) is 14.0. The van der Waals surface area contributed by atoms with Crippen molar-refractivity contribution < 1.29 is 4.79 Å². The first-order valence-corrected chi connectivity index (χ1v) is 7.34. The Morgan fingerprint density at radius 1 is 1.05 bits per heavy atom. The van der Waals surface area contributed by atoms with Crippen LogP contribution in [0.2, 0.25) is 0 Å². The number of aromatic nitrogens is 1. The van der Waals surface area contributed by atoms with Gasteiger partial charge < -0.3 is 10.2 Å². The largest absolute Gasteiger partial charge is 0.371 e. The predicted molar refractivity (Wildman–Crippen MR) is 84.2 cm³/mol. The Kier molecular flexibility index (Phi) is 4.15. The normalized spacial score (nSPS) is 15.7. The molecule has 4 heteroatoms. The number of carbonyl (C=O) groups is 1. The molecule has 3 rings (SSSR count). The fourth-order valence-corrected chi connectivity index (χ4v) is 2.72. The van der Waals surface area contributed by atoms with E-state index in [1.54, 1.807) is 12.4 Å². The van der Waals surface area contributed by atoms with Crippen LogP contribution in [-0.4, -0.2) is 24.0 Å². The van der Waals surface area contributed by atoms with Crippen LogP contribution in [0.1, 0.15) is 12.8 Å². The lowest BCUT2D eigenvalue weighted by Gasteiger charge is -2.33. The molecule has 1 aromatic carbocycles. The molecule has 1 fully saturated rings. The molecule has 0 bridgehead atoms. The Bertz CT molecular complexity index is 577. The van der Waals surface area contributed by atoms with Gasteiger partial charge in [0.05, 0.1) is 0 Å². The quantitative estimate of drug-likeness (QED) is 0.941. The first-order chi connectivity index (χ1) is 10.3. The summed E-state index contributed by atoms with van der Waals surface area (Å²) in [5.41, 5.74) is 2.06. The van der Waals surface area contributed by atoms with Crippen molar-refractivity contribution in [2.45, 2.75) is 12.8 Å². The molecular formula is C17H19N3O. The standard InChI is InChI=1S/C17H19N3O/c21-17(19-15-6-10-18-11-7-15)14-8-12-20(13-9-14)16-4-2-1-3-5-16/h1-7,10-11,14H,8-9,12-13H2,(H,18,19,21). The number of piperidine rings is 1. The van der Waals surface area contributed by atoms with Gasteiger partial charge in [0.1, 0.15) is 0 Å². The molecule has 0 radical (unpaired) electrons. The summed E-state index contributed by atoms with van der Waals surface area (Å²) in [5.74, 6) is 0.215. The molecule has 21 heavy (non-hydrogen) atoms. The molecule has 1 N–H and O–H groups in total. The highest BCUT2D eigenvalue weighted by Gasteiger charge is 2.25. The molecule has 0 aliphatic carbocycles. The highest BCUT2D eigenvalue weighted by Crippen LogP contribution is 2.24. The fourth-order valence-electron chi connectivity index (χ4n) is 2.72. The van der Waals surface area contributed by atoms with Crippen LogP contribution in [0.3, 0.4) is 0 Å². The van der Waals surface area contributed by atoms with Crippen LogP contribution in [0, 0.1) is 5.92 Å². The number of hydrogen-bond donors (Lipinski definition) is 1. The van der Waals surface area contributed by atoms with Crippen molar-refractivity contribution in [3.05, 3.63) is 54.9 Å². The van der Waals surface area contributed by atoms with E-state index in [2.05, 4.69) is 39.5 Å². The first kappa shape index (κ1) is 13.6. The maximum absolute atomic E-state index is 12.3. The molecule has 4 nitrogen and oxygen atoms in total. The third kappa shape index (κ3) is 3.40. The molecule has 1 aromatic heterocycles. The van der Waals surface area contributed by atoms with Gasteiger partial charge in [0.2, 0.25) is 5.91 Å². The van der Waals surface area contributed by atoms with E-state index >= 15 is 0 Å². The van der Waals surface area contributed by atoms with Gasteiger partial charge in [0.25, 0.3) is 0 Å². The molecule has 2 aromatic rings. The minimum atomic E-state index is 0.0955. The molecule has 1 saturated heterocycles. The van der Waals surface area contributed by atoms with Gasteiger partial charge in [-0.3, -0.25) is 9.78 Å². The summed E-state index contributed by atoms with van der Waals surface area (Å²) in [7, 11) is 0. The van der Waals surface area contributed by atoms with Gasteiger partial charge in [-0.25, -0.2) is 0 Å². The predicted octanol–water partition coefficient (Wildman–Crippen LogP) is 2.94. The number of para-hydroxylation sites is 1. The summed E-state index contributed by atoms with van der Waals surface area (Å²) in [4.78, 5) is 18.6. The molecule has 1 amide bonds. The Hall–Kier alpha value is -2.36. The van der Waals surface area contributed by atoms with E-state index in [1.165, 1.54) is 5.69 Å². The molecule has 0 unspecified atom stereocenters. The maximum atomic E-state index is 12.3. The second-order valence-corrected chi connectivity index (χ2v) is 5.32. The van der Waals surface area contributed by atoms with Crippen LogP contribution in [0.25, 0.3) is 0 Å². The number of pyridine rings is 1. The lowest BCUT2D eigenvalue weighted by molar-refractivity contribution is -0.120. The molecule has 1 aliphatic heterocycles. The minimum Gasteiger partial charge on any atom is -0.371 e. The second kappa shape index (κ2) is 6.39. The van der Waals surface area contributed by atoms with E-state index in [0.29, 0.717) is 0 Å². The zero-order valence-electron chi connectivity index (χ0n) is 11.9. The van der Waals surface area contributed by atoms with Gasteiger partial charge in [-0.2, -0.15) is 0 Å². The lowest BCUT2D eigenvalue weighted by atomic mass is 9.95. The number of benzene rings is 1. The van der Waals surface area contributed by atoms with E-state index in [9.17, 15) is 4.79 Å². The third-order valence-electron chi connectivity index (χ3n) is 3.93. The zero-order valence-corrected chi connectivity index (χ0v) is 11.9. The van der Waals surface area contributed by atoms with Crippen molar-refractivity contribution >= 4 is 17.3 Å². The average molecular weight is 281 g/mol. The lowest BCUT2D eigenvalue weighted by Crippen LogP contribution is -2.38. The van der Waals surface area contributed by atoms with Crippen molar-refractivity contribution in [2.24, 2.45) is 5.92 Å². The van der Waals surface area contributed by atoms with Gasteiger partial charge in [0.15, 0.2) is 0 Å². The van der Waals surface area contributed by atoms with Crippen molar-refractivity contribution in [1.29, 1.82) is 0 Å². The maximum Gasteiger partial charge on any atom is 0.227 e. The topological polar surface area (TPSA) is 45.2 Å². The van der Waals surface area contributed by atoms with Crippen LogP contribution in [0.4, 0.5) is 11.4 Å². The van der Waals surface area contributed by atoms with E-state index < -0.39 is 0 Å². The van der Waals surface area contributed by atoms with Crippen molar-refractivity contribution in [2.75, 3.05) is 23.3 Å². The Morgan fingerprint density at radius 2 is 1.71 bits per heavy atom. The molecule has 0 atom stereocenters. The smallest absolute Gasteiger partial charge is 0.227 e. The number of amides is 1. The number of rotatable bonds is 3. The number of nitrogens with zero attached hydrogens (tertiary/aromatic N) is 2. The van der Waals surface area contributed by atoms with Crippen LogP contribution in [0.5, 0.6) is 0 Å². The molecular weight excluding hydrogens is 262 g/mol. The zero-order chi connectivity index (χ0) is 14.5. The van der Waals surface area contributed by atoms with E-state index in [-0.39, 0.29) is 11.8 Å². The summed E-state index contributed by atoms with van der Waals surface area (Å²) < 4.78 is 0. The monoisotopic (exact) mass is 281 g/mol. The average Bonchev–Trinajstić information content (AvgIpc) is 2.57. The molecule has 0 saturated carbocycles. The summed E-state index contributed by atoms with van der Waals surface area (Å²) in [6.07, 6.45) is 5.17. The van der Waals surface area contributed by atoms with Crippen LogP contribution in [0.15, 0.2) is 54.9 Å². The number of hydrogen-bond acceptors (Lipinski definition) is 3. The number of nitrogens with one attached hydrogen (secondary N) is 1. The molecule has 108 valence electrons. The molecule has 0 spiro atoms. The van der Waals surface area contributed by atoms with Gasteiger partial charge in [-0.05, 0) is 37.1 Å². The van der Waals surface area contributed by atoms with Crippen molar-refractivity contribution in [3.63, 3.8) is 0 Å². The Balaban J connectivity index is 1.55. The van der Waals surface area contributed by atoms with E-state index in [0.717, 1.165) is 31.6 Å². The Labute approximate surface area is 124 Å². The molecule has 1 aliphatic rings. The molecule has 2 heterocycles. The highest BCUT2D eigenvalue weighted by molar-refractivity contribution is 5.92. The van der Waals surface area contributed by atoms with Gasteiger partial charge in [0, 0.05) is 42.8 Å². The van der Waals surface area contributed by atoms with Crippen LogP contribution >= 0.6 is 0 Å². The highest BCUT2D eigenvalue weighted by atomic mass is 16.1. The SMILES string of the molecule is O=C(Nc1ccncc1)C1CCN(c2ccccc2)CC1. The second-order valence-electron chi connectivity index (χ2n) is 5.32. The van der Waals surface area contributed by atoms with Crippen molar-refractivity contribution in [1.82, 2.24) is 4.98 Å². The number of anilines is 2. The summed E-state index contributed by atoms with van der Waals surface area (Å²) >= 11 is 0. The summed E-state index contributed by atoms with van der Waals surface area (Å²) in [5, 5.41) is 2.97. The number of carbonyl (C=O) groups excluding carboxylic acids is 1. The van der Waals surface area contributed by atoms with E-state index in [4.69, 9.17) is 0 Å². The summed E-state index contributed by atoms with van der Waals surface area (Å²) in [6.45, 7) is 1.86. The third-order valence-corrected chi connectivity index (χ3v) is 3.93. The van der Waals surface area contributed by atoms with Gasteiger partial charge >= 0.3 is 0 Å². The Morgan fingerprint density at radius 3 is 2.38 bits per heavy atom. The van der Waals surface area contributed by atoms with Crippen LogP contribution < -0.4 is 10.2 Å². The van der Waals surface area contributed by atoms with Crippen molar-refractivity contribution in [3.8, 4) is 0 Å². The fraction of sp³-hybridized carbons (Fsp3) is 0.294. The van der Waals surface area contributed by atoms with E-state index in [1.807, 2.05) is 18.2 Å². The van der Waals surface area contributed by atoms with Gasteiger partial charge in [-0.15, -0.1) is 0 Å². The minimum absolute atomic E-state index is 0.0955. The first-order valence-electron chi connectivity index (χ1n) is 7.34.